The number of aryl methyl sites for hydroxylation is 1. The maximum Gasteiger partial charge on any atom is 0.336 e. The van der Waals surface area contributed by atoms with E-state index in [4.69, 9.17) is 5.11 Å². The van der Waals surface area contributed by atoms with Gasteiger partial charge in [0.15, 0.2) is 0 Å². The molecule has 2 heterocycles. The second kappa shape index (κ2) is 5.73. The van der Waals surface area contributed by atoms with Crippen LogP contribution < -0.4 is 4.72 Å². The molecule has 7 nitrogen and oxygen atoms in total. The van der Waals surface area contributed by atoms with Crippen LogP contribution in [0.4, 0.5) is 0 Å². The molecule has 0 aliphatic heterocycles. The molecular formula is C11H13N3O4S2. The average molecular weight is 315 g/mol. The highest BCUT2D eigenvalue weighted by Crippen LogP contribution is 2.19. The monoisotopic (exact) mass is 315 g/mol. The Hall–Kier alpha value is -1.71. The van der Waals surface area contributed by atoms with Crippen molar-refractivity contribution in [3.63, 3.8) is 0 Å². The summed E-state index contributed by atoms with van der Waals surface area (Å²) in [5.41, 5.74) is 0.968. The Morgan fingerprint density at radius 3 is 2.85 bits per heavy atom. The van der Waals surface area contributed by atoms with Crippen LogP contribution in [-0.4, -0.2) is 35.8 Å². The zero-order valence-electron chi connectivity index (χ0n) is 10.6. The van der Waals surface area contributed by atoms with Crippen molar-refractivity contribution in [3.8, 4) is 0 Å². The summed E-state index contributed by atoms with van der Waals surface area (Å²) >= 11 is 0.881. The van der Waals surface area contributed by atoms with E-state index in [0.29, 0.717) is 6.54 Å². The van der Waals surface area contributed by atoms with Crippen molar-refractivity contribution in [2.45, 2.75) is 17.7 Å². The van der Waals surface area contributed by atoms with Crippen LogP contribution in [0.25, 0.3) is 0 Å². The molecule has 0 saturated carbocycles. The second-order valence-corrected chi connectivity index (χ2v) is 7.04. The van der Waals surface area contributed by atoms with E-state index in [1.807, 2.05) is 13.1 Å². The van der Waals surface area contributed by atoms with Gasteiger partial charge in [-0.3, -0.25) is 4.68 Å². The van der Waals surface area contributed by atoms with Crippen LogP contribution in [0, 0.1) is 6.92 Å². The van der Waals surface area contributed by atoms with Crippen LogP contribution in [0.1, 0.15) is 15.9 Å². The molecule has 108 valence electrons. The first-order valence-corrected chi connectivity index (χ1v) is 8.05. The fraction of sp³-hybridized carbons (Fsp3) is 0.273. The van der Waals surface area contributed by atoms with E-state index in [-0.39, 0.29) is 16.3 Å². The summed E-state index contributed by atoms with van der Waals surface area (Å²) in [5.74, 6) is -1.14. The zero-order chi connectivity index (χ0) is 14.8. The highest BCUT2D eigenvalue weighted by Gasteiger charge is 2.18. The van der Waals surface area contributed by atoms with Gasteiger partial charge in [-0.05, 0) is 18.6 Å². The smallest absolute Gasteiger partial charge is 0.336 e. The number of nitrogens with one attached hydrogen (secondary N) is 1. The first-order chi connectivity index (χ1) is 9.38. The molecule has 2 N–H and O–H groups in total. The third-order valence-electron chi connectivity index (χ3n) is 2.48. The minimum absolute atomic E-state index is 0.00783. The van der Waals surface area contributed by atoms with Crippen molar-refractivity contribution >= 4 is 27.3 Å². The number of carbonyl (C=O) groups is 1. The largest absolute Gasteiger partial charge is 0.478 e. The summed E-state index contributed by atoms with van der Waals surface area (Å²) in [6.45, 7) is 2.49. The van der Waals surface area contributed by atoms with Crippen LogP contribution in [0.5, 0.6) is 0 Å². The first-order valence-electron chi connectivity index (χ1n) is 5.69. The van der Waals surface area contributed by atoms with Gasteiger partial charge in [-0.1, -0.05) is 0 Å². The lowest BCUT2D eigenvalue weighted by Crippen LogP contribution is -2.27. The number of aromatic nitrogens is 2. The predicted molar refractivity (Wildman–Crippen MR) is 73.4 cm³/mol. The van der Waals surface area contributed by atoms with Crippen molar-refractivity contribution < 1.29 is 18.3 Å². The molecule has 0 unspecified atom stereocenters. The SMILES string of the molecule is Cc1cnn(CCNS(=O)(=O)c2cc(C(=O)O)cs2)c1. The van der Waals surface area contributed by atoms with Gasteiger partial charge in [-0.25, -0.2) is 17.9 Å². The van der Waals surface area contributed by atoms with Crippen molar-refractivity contribution in [1.29, 1.82) is 0 Å². The van der Waals surface area contributed by atoms with E-state index < -0.39 is 16.0 Å². The fourth-order valence-corrected chi connectivity index (χ4v) is 3.74. The fourth-order valence-electron chi connectivity index (χ4n) is 1.52. The number of carboxylic acid groups (broad SMARTS) is 1. The van der Waals surface area contributed by atoms with E-state index in [0.717, 1.165) is 23.0 Å². The molecule has 2 aromatic rings. The van der Waals surface area contributed by atoms with E-state index in [9.17, 15) is 13.2 Å². The Balaban J connectivity index is 1.98. The van der Waals surface area contributed by atoms with Crippen LogP contribution >= 0.6 is 11.3 Å². The van der Waals surface area contributed by atoms with E-state index >= 15 is 0 Å². The van der Waals surface area contributed by atoms with Gasteiger partial charge in [-0.2, -0.15) is 5.10 Å². The predicted octanol–water partition coefficient (Wildman–Crippen LogP) is 0.930. The molecule has 2 aromatic heterocycles. The normalized spacial score (nSPS) is 11.7. The van der Waals surface area contributed by atoms with E-state index in [1.54, 1.807) is 10.9 Å². The Kier molecular flexibility index (Phi) is 4.21. The van der Waals surface area contributed by atoms with Crippen LogP contribution in [0.15, 0.2) is 28.0 Å². The minimum Gasteiger partial charge on any atom is -0.478 e. The number of sulfonamides is 1. The van der Waals surface area contributed by atoms with Gasteiger partial charge < -0.3 is 5.11 Å². The van der Waals surface area contributed by atoms with Crippen molar-refractivity contribution in [3.05, 3.63) is 35.0 Å². The molecular weight excluding hydrogens is 302 g/mol. The molecule has 0 spiro atoms. The summed E-state index contributed by atoms with van der Waals surface area (Å²) < 4.78 is 27.9. The number of nitrogens with zero attached hydrogens (tertiary/aromatic N) is 2. The highest BCUT2D eigenvalue weighted by molar-refractivity contribution is 7.91. The third-order valence-corrected chi connectivity index (χ3v) is 5.38. The van der Waals surface area contributed by atoms with Gasteiger partial charge in [0.1, 0.15) is 4.21 Å². The van der Waals surface area contributed by atoms with E-state index in [1.165, 1.54) is 5.38 Å². The molecule has 0 aliphatic carbocycles. The molecule has 0 aromatic carbocycles. The number of thiophene rings is 1. The summed E-state index contributed by atoms with van der Waals surface area (Å²) in [4.78, 5) is 10.7. The minimum atomic E-state index is -3.67. The van der Waals surface area contributed by atoms with Crippen LogP contribution in [0.3, 0.4) is 0 Å². The Labute approximate surface area is 119 Å². The van der Waals surface area contributed by atoms with Gasteiger partial charge in [-0.15, -0.1) is 11.3 Å². The number of hydrogen-bond acceptors (Lipinski definition) is 5. The van der Waals surface area contributed by atoms with Crippen LogP contribution in [-0.2, 0) is 16.6 Å². The lowest BCUT2D eigenvalue weighted by molar-refractivity contribution is 0.0697. The summed E-state index contributed by atoms with van der Waals surface area (Å²) in [7, 11) is -3.67. The standard InChI is InChI=1S/C11H13N3O4S2/c1-8-5-12-14(6-8)3-2-13-20(17,18)10-4-9(7-19-10)11(15)16/h4-7,13H,2-3H2,1H3,(H,15,16). The molecule has 9 heteroatoms. The summed E-state index contributed by atoms with van der Waals surface area (Å²) in [6, 6.07) is 1.15. The number of carboxylic acids is 1. The van der Waals surface area contributed by atoms with Gasteiger partial charge in [0, 0.05) is 18.1 Å². The van der Waals surface area contributed by atoms with Gasteiger partial charge >= 0.3 is 5.97 Å². The molecule has 0 amide bonds. The first kappa shape index (κ1) is 14.7. The Morgan fingerprint density at radius 2 is 2.30 bits per heavy atom. The molecule has 0 saturated heterocycles. The Bertz CT molecular complexity index is 718. The van der Waals surface area contributed by atoms with Gasteiger partial charge in [0.2, 0.25) is 10.0 Å². The molecule has 20 heavy (non-hydrogen) atoms. The quantitative estimate of drug-likeness (QED) is 0.826. The van der Waals surface area contributed by atoms with Crippen LogP contribution in [0.2, 0.25) is 0 Å². The molecule has 2 rings (SSSR count). The topological polar surface area (TPSA) is 101 Å². The molecule has 0 atom stereocenters. The molecule has 0 radical (unpaired) electrons. The summed E-state index contributed by atoms with van der Waals surface area (Å²) in [5, 5.41) is 14.1. The Morgan fingerprint density at radius 1 is 1.55 bits per heavy atom. The maximum atomic E-state index is 11.9. The summed E-state index contributed by atoms with van der Waals surface area (Å²) in [6.07, 6.45) is 3.49. The lowest BCUT2D eigenvalue weighted by atomic mass is 10.4. The molecule has 0 aliphatic rings. The average Bonchev–Trinajstić information content (AvgIpc) is 2.98. The molecule has 0 fully saturated rings. The van der Waals surface area contributed by atoms with E-state index in [2.05, 4.69) is 9.82 Å². The van der Waals surface area contributed by atoms with Crippen molar-refractivity contribution in [1.82, 2.24) is 14.5 Å². The lowest BCUT2D eigenvalue weighted by Gasteiger charge is -2.04. The number of aromatic carboxylic acids is 1. The van der Waals surface area contributed by atoms with Crippen molar-refractivity contribution in [2.24, 2.45) is 0 Å². The molecule has 0 bridgehead atoms. The second-order valence-electron chi connectivity index (χ2n) is 4.14. The maximum absolute atomic E-state index is 11.9. The highest BCUT2D eigenvalue weighted by atomic mass is 32.2. The van der Waals surface area contributed by atoms with Gasteiger partial charge in [0.05, 0.1) is 18.3 Å². The van der Waals surface area contributed by atoms with Crippen molar-refractivity contribution in [2.75, 3.05) is 6.54 Å². The zero-order valence-corrected chi connectivity index (χ0v) is 12.2. The van der Waals surface area contributed by atoms with Gasteiger partial charge in [0.25, 0.3) is 0 Å². The third kappa shape index (κ3) is 3.44. The number of hydrogen-bond donors (Lipinski definition) is 2. The number of rotatable bonds is 6.